The molecule has 0 fully saturated rings. The third-order valence-corrected chi connectivity index (χ3v) is 2.73. The van der Waals surface area contributed by atoms with Crippen molar-refractivity contribution >= 4 is 23.2 Å². The molecule has 2 aromatic rings. The Labute approximate surface area is 129 Å². The van der Waals surface area contributed by atoms with E-state index in [-0.39, 0.29) is 11.8 Å². The molecule has 22 heavy (non-hydrogen) atoms. The fourth-order valence-corrected chi connectivity index (χ4v) is 1.82. The standard InChI is InChI=1S/C17H17N3O2/c1-12(2)9-16(21)19-14-6-3-7-15(10-14)20-17(22)13-5-4-8-18-11-13/h3-11H,1-2H3,(H,19,21)(H,20,22). The lowest BCUT2D eigenvalue weighted by Crippen LogP contribution is -2.13. The summed E-state index contributed by atoms with van der Waals surface area (Å²) in [5, 5.41) is 5.51. The van der Waals surface area contributed by atoms with Gasteiger partial charge >= 0.3 is 0 Å². The fourth-order valence-electron chi connectivity index (χ4n) is 1.82. The maximum absolute atomic E-state index is 12.0. The molecule has 0 aliphatic heterocycles. The molecule has 0 radical (unpaired) electrons. The maximum Gasteiger partial charge on any atom is 0.257 e. The number of amides is 2. The van der Waals surface area contributed by atoms with Gasteiger partial charge < -0.3 is 10.6 Å². The van der Waals surface area contributed by atoms with Crippen molar-refractivity contribution in [2.24, 2.45) is 0 Å². The van der Waals surface area contributed by atoms with E-state index in [1.54, 1.807) is 42.6 Å². The van der Waals surface area contributed by atoms with E-state index >= 15 is 0 Å². The highest BCUT2D eigenvalue weighted by molar-refractivity contribution is 6.05. The van der Waals surface area contributed by atoms with Crippen LogP contribution in [0.2, 0.25) is 0 Å². The van der Waals surface area contributed by atoms with Gasteiger partial charge in [0.15, 0.2) is 0 Å². The van der Waals surface area contributed by atoms with Crippen LogP contribution < -0.4 is 10.6 Å². The monoisotopic (exact) mass is 295 g/mol. The van der Waals surface area contributed by atoms with Crippen LogP contribution in [0.3, 0.4) is 0 Å². The Bertz CT molecular complexity index is 705. The molecule has 0 aliphatic rings. The number of pyridine rings is 1. The number of nitrogens with one attached hydrogen (secondary N) is 2. The van der Waals surface area contributed by atoms with E-state index < -0.39 is 0 Å². The summed E-state index contributed by atoms with van der Waals surface area (Å²) in [5.74, 6) is -0.448. The maximum atomic E-state index is 12.0. The zero-order chi connectivity index (χ0) is 15.9. The van der Waals surface area contributed by atoms with Gasteiger partial charge in [-0.2, -0.15) is 0 Å². The Kier molecular flexibility index (Phi) is 5.03. The minimum atomic E-state index is -0.249. The fraction of sp³-hybridized carbons (Fsp3) is 0.118. The number of hydrogen-bond donors (Lipinski definition) is 2. The van der Waals surface area contributed by atoms with Crippen molar-refractivity contribution < 1.29 is 9.59 Å². The van der Waals surface area contributed by atoms with E-state index in [4.69, 9.17) is 0 Å². The van der Waals surface area contributed by atoms with Crippen LogP contribution in [-0.2, 0) is 4.79 Å². The second-order valence-electron chi connectivity index (χ2n) is 4.99. The molecule has 1 aromatic carbocycles. The lowest BCUT2D eigenvalue weighted by molar-refractivity contribution is -0.111. The summed E-state index contributed by atoms with van der Waals surface area (Å²) < 4.78 is 0. The number of carbonyl (C=O) groups is 2. The Balaban J connectivity index is 2.07. The Morgan fingerprint density at radius 1 is 1.05 bits per heavy atom. The van der Waals surface area contributed by atoms with Crippen LogP contribution in [-0.4, -0.2) is 16.8 Å². The van der Waals surface area contributed by atoms with E-state index in [9.17, 15) is 9.59 Å². The summed E-state index contributed by atoms with van der Waals surface area (Å²) in [5.41, 5.74) is 2.61. The molecule has 0 saturated carbocycles. The topological polar surface area (TPSA) is 71.1 Å². The first kappa shape index (κ1) is 15.4. The zero-order valence-corrected chi connectivity index (χ0v) is 12.5. The molecule has 0 bridgehead atoms. The molecule has 2 N–H and O–H groups in total. The Morgan fingerprint density at radius 2 is 1.77 bits per heavy atom. The van der Waals surface area contributed by atoms with Gasteiger partial charge in [-0.05, 0) is 44.2 Å². The first-order chi connectivity index (χ1) is 10.5. The van der Waals surface area contributed by atoms with Crippen LogP contribution in [0, 0.1) is 0 Å². The third-order valence-electron chi connectivity index (χ3n) is 2.73. The van der Waals surface area contributed by atoms with E-state index in [0.29, 0.717) is 16.9 Å². The van der Waals surface area contributed by atoms with Gasteiger partial charge in [-0.15, -0.1) is 0 Å². The van der Waals surface area contributed by atoms with Crippen LogP contribution in [0.4, 0.5) is 11.4 Å². The molecule has 0 saturated heterocycles. The molecule has 5 heteroatoms. The lowest BCUT2D eigenvalue weighted by atomic mass is 10.2. The first-order valence-corrected chi connectivity index (χ1v) is 6.82. The van der Waals surface area contributed by atoms with Gasteiger partial charge in [0.2, 0.25) is 5.91 Å². The van der Waals surface area contributed by atoms with Crippen LogP contribution in [0.25, 0.3) is 0 Å². The van der Waals surface area contributed by atoms with Gasteiger partial charge in [-0.1, -0.05) is 11.6 Å². The van der Waals surface area contributed by atoms with Crippen molar-refractivity contribution in [2.75, 3.05) is 10.6 Å². The average Bonchev–Trinajstić information content (AvgIpc) is 2.47. The lowest BCUT2D eigenvalue weighted by Gasteiger charge is -2.08. The van der Waals surface area contributed by atoms with Crippen LogP contribution in [0.1, 0.15) is 24.2 Å². The number of carbonyl (C=O) groups excluding carboxylic acids is 2. The van der Waals surface area contributed by atoms with Crippen molar-refractivity contribution in [1.29, 1.82) is 0 Å². The van der Waals surface area contributed by atoms with Gasteiger partial charge in [0.05, 0.1) is 5.56 Å². The van der Waals surface area contributed by atoms with Crippen molar-refractivity contribution in [3.05, 3.63) is 66.0 Å². The van der Waals surface area contributed by atoms with Gasteiger partial charge in [0.1, 0.15) is 0 Å². The molecule has 5 nitrogen and oxygen atoms in total. The summed E-state index contributed by atoms with van der Waals surface area (Å²) in [4.78, 5) is 27.6. The van der Waals surface area contributed by atoms with Gasteiger partial charge in [0, 0.05) is 29.8 Å². The predicted octanol–water partition coefficient (Wildman–Crippen LogP) is 3.24. The summed E-state index contributed by atoms with van der Waals surface area (Å²) in [6, 6.07) is 10.4. The first-order valence-electron chi connectivity index (χ1n) is 6.82. The normalized spacial score (nSPS) is 9.73. The van der Waals surface area contributed by atoms with E-state index in [1.807, 2.05) is 13.8 Å². The molecule has 0 unspecified atom stereocenters. The molecule has 2 amide bonds. The quantitative estimate of drug-likeness (QED) is 0.851. The molecule has 0 spiro atoms. The SMILES string of the molecule is CC(C)=CC(=O)Nc1cccc(NC(=O)c2cccnc2)c1. The summed E-state index contributed by atoms with van der Waals surface area (Å²) in [6.07, 6.45) is 4.62. The second kappa shape index (κ2) is 7.17. The highest BCUT2D eigenvalue weighted by Crippen LogP contribution is 2.16. The zero-order valence-electron chi connectivity index (χ0n) is 12.5. The summed E-state index contributed by atoms with van der Waals surface area (Å²) in [7, 11) is 0. The highest BCUT2D eigenvalue weighted by atomic mass is 16.2. The number of allylic oxidation sites excluding steroid dienone is 1. The number of benzene rings is 1. The van der Waals surface area contributed by atoms with Crippen molar-refractivity contribution in [3.63, 3.8) is 0 Å². The van der Waals surface area contributed by atoms with Gasteiger partial charge in [-0.3, -0.25) is 14.6 Å². The summed E-state index contributed by atoms with van der Waals surface area (Å²) in [6.45, 7) is 3.70. The van der Waals surface area contributed by atoms with Crippen LogP contribution >= 0.6 is 0 Å². The van der Waals surface area contributed by atoms with Gasteiger partial charge in [-0.25, -0.2) is 0 Å². The molecule has 112 valence electrons. The number of anilines is 2. The average molecular weight is 295 g/mol. The number of nitrogens with zero attached hydrogens (tertiary/aromatic N) is 1. The molecule has 1 aromatic heterocycles. The Morgan fingerprint density at radius 3 is 2.41 bits per heavy atom. The van der Waals surface area contributed by atoms with E-state index in [0.717, 1.165) is 5.57 Å². The highest BCUT2D eigenvalue weighted by Gasteiger charge is 2.06. The number of hydrogen-bond acceptors (Lipinski definition) is 3. The number of aromatic nitrogens is 1. The largest absolute Gasteiger partial charge is 0.322 e. The molecular formula is C17H17N3O2. The predicted molar refractivity (Wildman–Crippen MR) is 86.7 cm³/mol. The van der Waals surface area contributed by atoms with Gasteiger partial charge in [0.25, 0.3) is 5.91 Å². The number of rotatable bonds is 4. The minimum Gasteiger partial charge on any atom is -0.322 e. The summed E-state index contributed by atoms with van der Waals surface area (Å²) >= 11 is 0. The Hall–Kier alpha value is -2.95. The smallest absolute Gasteiger partial charge is 0.257 e. The van der Waals surface area contributed by atoms with Crippen molar-refractivity contribution in [1.82, 2.24) is 4.98 Å². The molecule has 0 aliphatic carbocycles. The second-order valence-corrected chi connectivity index (χ2v) is 4.99. The minimum absolute atomic E-state index is 0.198. The molecular weight excluding hydrogens is 278 g/mol. The third kappa shape index (κ3) is 4.56. The van der Waals surface area contributed by atoms with Crippen molar-refractivity contribution in [3.8, 4) is 0 Å². The van der Waals surface area contributed by atoms with Crippen molar-refractivity contribution in [2.45, 2.75) is 13.8 Å². The van der Waals surface area contributed by atoms with E-state index in [2.05, 4.69) is 15.6 Å². The van der Waals surface area contributed by atoms with E-state index in [1.165, 1.54) is 12.3 Å². The molecule has 2 rings (SSSR count). The van der Waals surface area contributed by atoms with Crippen LogP contribution in [0.5, 0.6) is 0 Å². The molecule has 0 atom stereocenters. The molecule has 1 heterocycles. The van der Waals surface area contributed by atoms with Crippen LogP contribution in [0.15, 0.2) is 60.4 Å².